The Morgan fingerprint density at radius 2 is 2.06 bits per heavy atom. The molecule has 1 aromatic carbocycles. The van der Waals surface area contributed by atoms with Gasteiger partial charge in [-0.05, 0) is 24.6 Å². The summed E-state index contributed by atoms with van der Waals surface area (Å²) in [6.07, 6.45) is 0. The molecule has 0 aliphatic carbocycles. The fourth-order valence-electron chi connectivity index (χ4n) is 2.13. The fourth-order valence-corrected chi connectivity index (χ4v) is 2.13. The van der Waals surface area contributed by atoms with Crippen LogP contribution in [0.4, 0.5) is 0 Å². The number of H-pyrrole nitrogens is 1. The lowest BCUT2D eigenvalue weighted by molar-refractivity contribution is 0.317. The van der Waals surface area contributed by atoms with Crippen molar-refractivity contribution in [1.82, 2.24) is 15.2 Å². The topological polar surface area (TPSA) is 31.1 Å². The van der Waals surface area contributed by atoms with Crippen molar-refractivity contribution >= 4 is 10.9 Å². The van der Waals surface area contributed by atoms with Crippen molar-refractivity contribution in [3.63, 3.8) is 0 Å². The van der Waals surface area contributed by atoms with Crippen LogP contribution in [0.25, 0.3) is 10.9 Å². The molecule has 0 atom stereocenters. The van der Waals surface area contributed by atoms with Crippen molar-refractivity contribution in [2.24, 2.45) is 0 Å². The summed E-state index contributed by atoms with van der Waals surface area (Å²) in [7, 11) is 2.16. The van der Waals surface area contributed by atoms with Gasteiger partial charge in [0.15, 0.2) is 0 Å². The van der Waals surface area contributed by atoms with Crippen molar-refractivity contribution in [2.45, 2.75) is 26.4 Å². The van der Waals surface area contributed by atoms with Crippen LogP contribution >= 0.6 is 0 Å². The van der Waals surface area contributed by atoms with Gasteiger partial charge in [-0.15, -0.1) is 0 Å². The van der Waals surface area contributed by atoms with E-state index in [1.807, 2.05) is 0 Å². The third-order valence-corrected chi connectivity index (χ3v) is 3.07. The van der Waals surface area contributed by atoms with E-state index in [1.54, 1.807) is 0 Å². The second-order valence-electron chi connectivity index (χ2n) is 5.23. The van der Waals surface area contributed by atoms with Gasteiger partial charge in [-0.25, -0.2) is 0 Å². The largest absolute Gasteiger partial charge is 0.357 e. The summed E-state index contributed by atoms with van der Waals surface area (Å²) in [4.78, 5) is 5.80. The summed E-state index contributed by atoms with van der Waals surface area (Å²) < 4.78 is 0. The lowest BCUT2D eigenvalue weighted by atomic mass is 10.2. The first-order chi connectivity index (χ1) is 8.65. The minimum atomic E-state index is 0.562. The highest BCUT2D eigenvalue weighted by atomic mass is 15.1. The lowest BCUT2D eigenvalue weighted by Crippen LogP contribution is -2.32. The number of fused-ring (bicyclic) bond motifs is 1. The van der Waals surface area contributed by atoms with E-state index < -0.39 is 0 Å². The summed E-state index contributed by atoms with van der Waals surface area (Å²) in [5.41, 5.74) is 2.50. The van der Waals surface area contributed by atoms with E-state index in [4.69, 9.17) is 0 Å². The third-order valence-electron chi connectivity index (χ3n) is 3.07. The van der Waals surface area contributed by atoms with Gasteiger partial charge in [-0.1, -0.05) is 32.0 Å². The summed E-state index contributed by atoms with van der Waals surface area (Å²) in [6, 6.07) is 11.2. The number of para-hydroxylation sites is 1. The molecule has 18 heavy (non-hydrogen) atoms. The minimum Gasteiger partial charge on any atom is -0.357 e. The Morgan fingerprint density at radius 1 is 1.28 bits per heavy atom. The van der Waals surface area contributed by atoms with Crippen molar-refractivity contribution < 1.29 is 0 Å². The summed E-state index contributed by atoms with van der Waals surface area (Å²) in [6.45, 7) is 7.42. The van der Waals surface area contributed by atoms with Crippen LogP contribution in [0.15, 0.2) is 30.3 Å². The molecule has 0 radical (unpaired) electrons. The highest BCUT2D eigenvalue weighted by Gasteiger charge is 2.04. The molecule has 98 valence electrons. The standard InChI is InChI=1S/C15H23N3/c1-12(2)16-8-9-18(3)11-14-10-13-6-4-5-7-15(13)17-14/h4-7,10,12,16-17H,8-9,11H2,1-3H3. The second kappa shape index (κ2) is 6.03. The summed E-state index contributed by atoms with van der Waals surface area (Å²) >= 11 is 0. The zero-order valence-electron chi connectivity index (χ0n) is 11.5. The van der Waals surface area contributed by atoms with Crippen molar-refractivity contribution in [2.75, 3.05) is 20.1 Å². The van der Waals surface area contributed by atoms with Crippen LogP contribution < -0.4 is 5.32 Å². The number of benzene rings is 1. The average molecular weight is 245 g/mol. The van der Waals surface area contributed by atoms with E-state index in [-0.39, 0.29) is 0 Å². The SMILES string of the molecule is CC(C)NCCN(C)Cc1cc2ccccc2[nH]1. The predicted octanol–water partition coefficient (Wildman–Crippen LogP) is 2.60. The van der Waals surface area contributed by atoms with Gasteiger partial charge in [0.05, 0.1) is 0 Å². The molecule has 3 heteroatoms. The zero-order chi connectivity index (χ0) is 13.0. The first-order valence-electron chi connectivity index (χ1n) is 6.63. The van der Waals surface area contributed by atoms with Crippen LogP contribution in [0.3, 0.4) is 0 Å². The number of aromatic nitrogens is 1. The number of aromatic amines is 1. The van der Waals surface area contributed by atoms with E-state index in [2.05, 4.69) is 66.4 Å². The fraction of sp³-hybridized carbons (Fsp3) is 0.467. The van der Waals surface area contributed by atoms with Gasteiger partial charge < -0.3 is 10.3 Å². The molecule has 0 aliphatic heterocycles. The second-order valence-corrected chi connectivity index (χ2v) is 5.23. The van der Waals surface area contributed by atoms with E-state index in [0.717, 1.165) is 19.6 Å². The number of likely N-dealkylation sites (N-methyl/N-ethyl adjacent to an activating group) is 1. The summed E-state index contributed by atoms with van der Waals surface area (Å²) in [5.74, 6) is 0. The predicted molar refractivity (Wildman–Crippen MR) is 77.8 cm³/mol. The molecular weight excluding hydrogens is 222 g/mol. The first-order valence-corrected chi connectivity index (χ1v) is 6.63. The van der Waals surface area contributed by atoms with Gasteiger partial charge in [-0.3, -0.25) is 4.90 Å². The van der Waals surface area contributed by atoms with Crippen LogP contribution in [0, 0.1) is 0 Å². The van der Waals surface area contributed by atoms with Crippen molar-refractivity contribution in [3.8, 4) is 0 Å². The highest BCUT2D eigenvalue weighted by molar-refractivity contribution is 5.80. The normalized spacial score (nSPS) is 11.8. The monoisotopic (exact) mass is 245 g/mol. The minimum absolute atomic E-state index is 0.562. The Bertz CT molecular complexity index is 454. The van der Waals surface area contributed by atoms with Crippen LogP contribution in [0.2, 0.25) is 0 Å². The molecular formula is C15H23N3. The molecule has 0 spiro atoms. The van der Waals surface area contributed by atoms with Gasteiger partial charge in [0.1, 0.15) is 0 Å². The number of hydrogen-bond acceptors (Lipinski definition) is 2. The van der Waals surface area contributed by atoms with Gasteiger partial charge in [-0.2, -0.15) is 0 Å². The molecule has 3 nitrogen and oxygen atoms in total. The number of rotatable bonds is 6. The van der Waals surface area contributed by atoms with E-state index >= 15 is 0 Å². The molecule has 0 saturated carbocycles. The highest BCUT2D eigenvalue weighted by Crippen LogP contribution is 2.15. The van der Waals surface area contributed by atoms with Gasteiger partial charge in [0.25, 0.3) is 0 Å². The van der Waals surface area contributed by atoms with E-state index in [9.17, 15) is 0 Å². The molecule has 2 N–H and O–H groups in total. The molecule has 0 fully saturated rings. The molecule has 0 bridgehead atoms. The van der Waals surface area contributed by atoms with Crippen LogP contribution in [-0.2, 0) is 6.54 Å². The molecule has 0 saturated heterocycles. The van der Waals surface area contributed by atoms with Crippen LogP contribution in [-0.4, -0.2) is 36.1 Å². The van der Waals surface area contributed by atoms with Crippen molar-refractivity contribution in [3.05, 3.63) is 36.0 Å². The molecule has 1 heterocycles. The summed E-state index contributed by atoms with van der Waals surface area (Å²) in [5, 5.41) is 4.73. The molecule has 0 unspecified atom stereocenters. The Labute approximate surface area is 109 Å². The zero-order valence-corrected chi connectivity index (χ0v) is 11.5. The Morgan fingerprint density at radius 3 is 2.78 bits per heavy atom. The quantitative estimate of drug-likeness (QED) is 0.819. The van der Waals surface area contributed by atoms with E-state index in [1.165, 1.54) is 16.6 Å². The van der Waals surface area contributed by atoms with Crippen molar-refractivity contribution in [1.29, 1.82) is 0 Å². The smallest absolute Gasteiger partial charge is 0.0456 e. The van der Waals surface area contributed by atoms with Crippen LogP contribution in [0.1, 0.15) is 19.5 Å². The first kappa shape index (κ1) is 13.1. The number of nitrogens with one attached hydrogen (secondary N) is 2. The number of nitrogens with zero attached hydrogens (tertiary/aromatic N) is 1. The Balaban J connectivity index is 1.88. The van der Waals surface area contributed by atoms with Gasteiger partial charge >= 0.3 is 0 Å². The Hall–Kier alpha value is -1.32. The maximum absolute atomic E-state index is 3.46. The van der Waals surface area contributed by atoms with E-state index in [0.29, 0.717) is 6.04 Å². The lowest BCUT2D eigenvalue weighted by Gasteiger charge is -2.17. The molecule has 2 aromatic rings. The van der Waals surface area contributed by atoms with Gasteiger partial charge in [0, 0.05) is 36.9 Å². The molecule has 0 amide bonds. The Kier molecular flexibility index (Phi) is 4.39. The molecule has 2 rings (SSSR count). The average Bonchev–Trinajstić information content (AvgIpc) is 2.70. The molecule has 0 aliphatic rings. The maximum Gasteiger partial charge on any atom is 0.0456 e. The maximum atomic E-state index is 3.46. The van der Waals surface area contributed by atoms with Crippen LogP contribution in [0.5, 0.6) is 0 Å². The van der Waals surface area contributed by atoms with Gasteiger partial charge in [0.2, 0.25) is 0 Å². The molecule has 1 aromatic heterocycles. The number of hydrogen-bond donors (Lipinski definition) is 2. The third kappa shape index (κ3) is 3.59.